The van der Waals surface area contributed by atoms with E-state index in [1.165, 1.54) is 0 Å². The van der Waals surface area contributed by atoms with E-state index >= 15 is 0 Å². The van der Waals surface area contributed by atoms with Crippen molar-refractivity contribution in [2.24, 2.45) is 0 Å². The zero-order chi connectivity index (χ0) is 9.28. The van der Waals surface area contributed by atoms with Crippen LogP contribution in [0.15, 0.2) is 0 Å². The van der Waals surface area contributed by atoms with Gasteiger partial charge >= 0.3 is 0 Å². The van der Waals surface area contributed by atoms with Gasteiger partial charge in [0.2, 0.25) is 0 Å². The van der Waals surface area contributed by atoms with Gasteiger partial charge in [-0.1, -0.05) is 20.0 Å². The van der Waals surface area contributed by atoms with Gasteiger partial charge in [0.25, 0.3) is 10.1 Å². The van der Waals surface area contributed by atoms with Gasteiger partial charge in [0.05, 0.1) is 13.2 Å². The molecule has 0 bridgehead atoms. The van der Waals surface area contributed by atoms with Gasteiger partial charge in [-0.2, -0.15) is 8.42 Å². The normalized spacial score (nSPS) is 18.4. The summed E-state index contributed by atoms with van der Waals surface area (Å²) >= 11 is 0. The Morgan fingerprint density at radius 2 is 1.82 bits per heavy atom. The van der Waals surface area contributed by atoms with Crippen LogP contribution in [0.5, 0.6) is 0 Å². The van der Waals surface area contributed by atoms with Gasteiger partial charge in [-0.15, -0.1) is 0 Å². The summed E-state index contributed by atoms with van der Waals surface area (Å²) in [5.74, 6) is 0. The lowest BCUT2D eigenvalue weighted by atomic mass is 10.4. The molecule has 5 heteroatoms. The van der Waals surface area contributed by atoms with Crippen LogP contribution in [0.4, 0.5) is 0 Å². The highest BCUT2D eigenvalue weighted by molar-refractivity contribution is 7.89. The van der Waals surface area contributed by atoms with E-state index in [2.05, 4.69) is 0 Å². The first-order valence-electron chi connectivity index (χ1n) is 3.72. The highest BCUT2D eigenvalue weighted by Gasteiger charge is 2.39. The fraction of sp³-hybridized carbons (Fsp3) is 1.00. The highest BCUT2D eigenvalue weighted by atomic mass is 32.2. The average molecular weight is 196 g/mol. The zero-order valence-corrected chi connectivity index (χ0v) is 9.43. The second kappa shape index (κ2) is 3.24. The van der Waals surface area contributed by atoms with E-state index in [1.807, 2.05) is 13.1 Å². The van der Waals surface area contributed by atoms with Crippen LogP contribution in [-0.2, 0) is 10.1 Å². The summed E-state index contributed by atoms with van der Waals surface area (Å²) in [7, 11) is -5.22. The third kappa shape index (κ3) is 2.04. The molecule has 68 valence electrons. The first kappa shape index (κ1) is 11.1. The molecule has 11 heavy (non-hydrogen) atoms. The fourth-order valence-electron chi connectivity index (χ4n) is 0.889. The van der Waals surface area contributed by atoms with Gasteiger partial charge in [-0.3, -0.25) is 4.55 Å². The molecule has 0 aromatic rings. The van der Waals surface area contributed by atoms with Crippen LogP contribution < -0.4 is 0 Å². The first-order valence-corrected chi connectivity index (χ1v) is 8.05. The van der Waals surface area contributed by atoms with Crippen molar-refractivity contribution < 1.29 is 13.0 Å². The lowest BCUT2D eigenvalue weighted by Gasteiger charge is -2.27. The predicted octanol–water partition coefficient (Wildman–Crippen LogP) is 1.07. The molecule has 0 aromatic heterocycles. The molecule has 3 nitrogen and oxygen atoms in total. The summed E-state index contributed by atoms with van der Waals surface area (Å²) in [5.41, 5.74) is 0. The Morgan fingerprint density at radius 3 is 1.82 bits per heavy atom. The Morgan fingerprint density at radius 1 is 1.45 bits per heavy atom. The number of hydrogen-bond donors (Lipinski definition) is 1. The summed E-state index contributed by atoms with van der Waals surface area (Å²) in [6.45, 7) is 7.27. The maximum Gasteiger partial charge on any atom is 0.267 e. The van der Waals surface area contributed by atoms with E-state index in [-0.39, 0.29) is 0 Å². The molecule has 0 fully saturated rings. The van der Waals surface area contributed by atoms with Gasteiger partial charge in [0.1, 0.15) is 0 Å². The predicted molar refractivity (Wildman–Crippen MR) is 49.1 cm³/mol. The molecule has 0 amide bonds. The van der Waals surface area contributed by atoms with Crippen molar-refractivity contribution in [3.05, 3.63) is 0 Å². The molecule has 0 aliphatic heterocycles. The zero-order valence-electron chi connectivity index (χ0n) is 7.46. The van der Waals surface area contributed by atoms with Crippen molar-refractivity contribution in [2.45, 2.75) is 37.7 Å². The monoisotopic (exact) mass is 196 g/mol. The summed E-state index contributed by atoms with van der Waals surface area (Å²) in [4.78, 5) is 0. The van der Waals surface area contributed by atoms with E-state index in [0.29, 0.717) is 6.42 Å². The molecule has 0 aliphatic carbocycles. The van der Waals surface area contributed by atoms with Crippen LogP contribution in [0.3, 0.4) is 0 Å². The van der Waals surface area contributed by atoms with E-state index in [9.17, 15) is 8.42 Å². The van der Waals surface area contributed by atoms with Crippen molar-refractivity contribution in [3.8, 4) is 0 Å². The second-order valence-electron chi connectivity index (χ2n) is 3.30. The molecule has 0 spiro atoms. The third-order valence-corrected chi connectivity index (χ3v) is 9.14. The molecular weight excluding hydrogens is 180 g/mol. The third-order valence-electron chi connectivity index (χ3n) is 2.51. The first-order chi connectivity index (χ1) is 4.75. The quantitative estimate of drug-likeness (QED) is 0.542. The fourth-order valence-corrected chi connectivity index (χ4v) is 4.45. The molecule has 0 saturated heterocycles. The number of hydrogen-bond acceptors (Lipinski definition) is 2. The lowest BCUT2D eigenvalue weighted by molar-refractivity contribution is 0.457. The molecule has 1 atom stereocenters. The average Bonchev–Trinajstić information content (AvgIpc) is 1.83. The molecule has 0 aromatic carbocycles. The maximum atomic E-state index is 10.9. The van der Waals surface area contributed by atoms with Crippen molar-refractivity contribution in [1.82, 2.24) is 0 Å². The smallest absolute Gasteiger partial charge is 0.267 e. The summed E-state index contributed by atoms with van der Waals surface area (Å²) in [6, 6.07) is 0. The topological polar surface area (TPSA) is 54.4 Å². The van der Waals surface area contributed by atoms with Crippen LogP contribution >= 0.6 is 0 Å². The minimum Gasteiger partial charge on any atom is -0.285 e. The Bertz CT molecular complexity index is 222. The van der Waals surface area contributed by atoms with Crippen LogP contribution in [0, 0.1) is 0 Å². The van der Waals surface area contributed by atoms with Crippen LogP contribution in [0.2, 0.25) is 13.1 Å². The summed E-state index contributed by atoms with van der Waals surface area (Å²) in [6.07, 6.45) is 0.496. The minimum absolute atomic E-state index is 0.496. The van der Waals surface area contributed by atoms with Gasteiger partial charge < -0.3 is 0 Å². The minimum atomic E-state index is -3.85. The van der Waals surface area contributed by atoms with Gasteiger partial charge in [0, 0.05) is 0 Å². The Kier molecular flexibility index (Phi) is 3.28. The van der Waals surface area contributed by atoms with Crippen LogP contribution in [-0.4, -0.2) is 26.1 Å². The van der Waals surface area contributed by atoms with Gasteiger partial charge in [-0.25, -0.2) is 0 Å². The van der Waals surface area contributed by atoms with E-state index < -0.39 is 23.3 Å². The molecule has 0 aliphatic rings. The number of rotatable bonds is 3. The van der Waals surface area contributed by atoms with Gasteiger partial charge in [-0.05, 0) is 13.3 Å². The maximum absolute atomic E-state index is 10.9. The second-order valence-corrected chi connectivity index (χ2v) is 9.18. The van der Waals surface area contributed by atoms with E-state index in [1.54, 1.807) is 13.8 Å². The largest absolute Gasteiger partial charge is 0.285 e. The Balaban J connectivity index is 4.92. The summed E-state index contributed by atoms with van der Waals surface area (Å²) in [5, 5.41) is 0. The van der Waals surface area contributed by atoms with Crippen LogP contribution in [0.25, 0.3) is 0 Å². The Hall–Kier alpha value is 0.127. The van der Waals surface area contributed by atoms with E-state index in [4.69, 9.17) is 4.55 Å². The van der Waals surface area contributed by atoms with Crippen molar-refractivity contribution in [2.75, 3.05) is 0 Å². The molecular formula is C6H16O3SSi. The van der Waals surface area contributed by atoms with Crippen LogP contribution in [0.1, 0.15) is 20.3 Å². The molecule has 0 heterocycles. The van der Waals surface area contributed by atoms with Crippen molar-refractivity contribution in [1.29, 1.82) is 0 Å². The van der Waals surface area contributed by atoms with Gasteiger partial charge in [0.15, 0.2) is 0 Å². The lowest BCUT2D eigenvalue weighted by Crippen LogP contribution is -2.45. The molecule has 0 rings (SSSR count). The Labute approximate surface area is 70.2 Å². The summed E-state index contributed by atoms with van der Waals surface area (Å²) < 4.78 is 29.9. The van der Waals surface area contributed by atoms with Crippen molar-refractivity contribution >= 4 is 18.9 Å². The molecule has 1 unspecified atom stereocenters. The van der Waals surface area contributed by atoms with E-state index in [0.717, 1.165) is 0 Å². The molecule has 0 radical (unpaired) electrons. The highest BCUT2D eigenvalue weighted by Crippen LogP contribution is 2.23. The van der Waals surface area contributed by atoms with Crippen molar-refractivity contribution in [3.63, 3.8) is 0 Å². The molecule has 0 saturated carbocycles. The molecule has 1 N–H and O–H groups in total. The standard InChI is InChI=1S/C6H16O3SSi/c1-5-6(2,11(3)4)10(7,8)9/h11H,5H2,1-4H3,(H,7,8,9). The SMILES string of the molecule is CCC(C)([SiH](C)C)S(=O)(=O)O.